The molecule has 0 spiro atoms. The number of hydrogen-bond donors (Lipinski definition) is 1. The predicted molar refractivity (Wildman–Crippen MR) is 119 cm³/mol. The molecule has 0 unspecified atom stereocenters. The van der Waals surface area contributed by atoms with Gasteiger partial charge in [-0.25, -0.2) is 12.7 Å². The molecule has 2 aromatic carbocycles. The lowest BCUT2D eigenvalue weighted by molar-refractivity contribution is 0.0754. The molecule has 0 aliphatic carbocycles. The molecule has 2 rings (SSSR count). The van der Waals surface area contributed by atoms with Gasteiger partial charge in [0.05, 0.1) is 7.11 Å². The Hall–Kier alpha value is -2.91. The number of hydrogen-bond acceptors (Lipinski definition) is 5. The molecule has 0 heterocycles. The highest BCUT2D eigenvalue weighted by Crippen LogP contribution is 2.27. The van der Waals surface area contributed by atoms with Crippen molar-refractivity contribution in [1.82, 2.24) is 14.5 Å². The van der Waals surface area contributed by atoms with E-state index in [1.165, 1.54) is 39.4 Å². The summed E-state index contributed by atoms with van der Waals surface area (Å²) in [5, 5.41) is 2.77. The number of benzene rings is 2. The molecule has 0 atom stereocenters. The van der Waals surface area contributed by atoms with Gasteiger partial charge in [-0.15, -0.1) is 0 Å². The van der Waals surface area contributed by atoms with Gasteiger partial charge in [0, 0.05) is 44.9 Å². The van der Waals surface area contributed by atoms with E-state index < -0.39 is 15.9 Å². The second-order valence-electron chi connectivity index (χ2n) is 7.54. The molecule has 0 radical (unpaired) electrons. The van der Waals surface area contributed by atoms with Gasteiger partial charge in [0.25, 0.3) is 11.8 Å². The van der Waals surface area contributed by atoms with Crippen LogP contribution in [0.5, 0.6) is 5.75 Å². The van der Waals surface area contributed by atoms with E-state index in [0.717, 1.165) is 9.87 Å². The van der Waals surface area contributed by atoms with Crippen molar-refractivity contribution < 1.29 is 22.7 Å². The largest absolute Gasteiger partial charge is 0.495 e. The molecule has 31 heavy (non-hydrogen) atoms. The Kier molecular flexibility index (Phi) is 7.80. The maximum atomic E-state index is 12.6. The van der Waals surface area contributed by atoms with Crippen molar-refractivity contribution in [3.63, 3.8) is 0 Å². The fourth-order valence-corrected chi connectivity index (χ4v) is 3.78. The van der Waals surface area contributed by atoms with Crippen molar-refractivity contribution in [3.05, 3.63) is 59.2 Å². The molecule has 1 N–H and O–H groups in total. The lowest BCUT2D eigenvalue weighted by atomic mass is 10.1. The van der Waals surface area contributed by atoms with Crippen molar-refractivity contribution in [2.75, 3.05) is 28.3 Å². The maximum Gasteiger partial charge on any atom is 0.253 e. The zero-order chi connectivity index (χ0) is 23.3. The van der Waals surface area contributed by atoms with E-state index in [2.05, 4.69) is 5.32 Å². The van der Waals surface area contributed by atoms with E-state index in [1.807, 2.05) is 13.8 Å². The average Bonchev–Trinajstić information content (AvgIpc) is 2.76. The molecule has 9 heteroatoms. The van der Waals surface area contributed by atoms with Crippen molar-refractivity contribution >= 4 is 21.8 Å². The monoisotopic (exact) mass is 447 g/mol. The molecule has 2 amide bonds. The van der Waals surface area contributed by atoms with Gasteiger partial charge in [-0.05, 0) is 49.7 Å². The highest BCUT2D eigenvalue weighted by atomic mass is 32.2. The standard InChI is InChI=1S/C22H29N3O5S/c1-15(2)25(5)22(27)17-9-7-16(8-10-17)14-23-21(26)18-11-12-19(30-6)20(13-18)31(28,29)24(3)4/h7-13,15H,14H2,1-6H3,(H,23,26). The lowest BCUT2D eigenvalue weighted by Crippen LogP contribution is -2.32. The number of sulfonamides is 1. The van der Waals surface area contributed by atoms with Crippen LogP contribution in [0.2, 0.25) is 0 Å². The number of amides is 2. The highest BCUT2D eigenvalue weighted by molar-refractivity contribution is 7.89. The van der Waals surface area contributed by atoms with Crippen LogP contribution in [0, 0.1) is 0 Å². The predicted octanol–water partition coefficient (Wildman–Crippen LogP) is 2.36. The van der Waals surface area contributed by atoms with Gasteiger partial charge in [0.1, 0.15) is 10.6 Å². The van der Waals surface area contributed by atoms with Gasteiger partial charge in [0.15, 0.2) is 0 Å². The molecule has 0 bridgehead atoms. The van der Waals surface area contributed by atoms with Gasteiger partial charge < -0.3 is 15.0 Å². The smallest absolute Gasteiger partial charge is 0.253 e. The number of carbonyl (C=O) groups is 2. The van der Waals surface area contributed by atoms with Crippen LogP contribution in [0.25, 0.3) is 0 Å². The normalized spacial score (nSPS) is 11.5. The Bertz CT molecular complexity index is 1050. The number of methoxy groups -OCH3 is 1. The quantitative estimate of drug-likeness (QED) is 0.670. The van der Waals surface area contributed by atoms with Gasteiger partial charge in [-0.3, -0.25) is 9.59 Å². The first-order chi connectivity index (χ1) is 14.5. The van der Waals surface area contributed by atoms with Crippen LogP contribution in [0.3, 0.4) is 0 Å². The van der Waals surface area contributed by atoms with Crippen LogP contribution in [-0.2, 0) is 16.6 Å². The van der Waals surface area contributed by atoms with Crippen LogP contribution in [0.15, 0.2) is 47.4 Å². The van der Waals surface area contributed by atoms with Gasteiger partial charge in [-0.1, -0.05) is 12.1 Å². The number of nitrogens with one attached hydrogen (secondary N) is 1. The zero-order valence-corrected chi connectivity index (χ0v) is 19.5. The summed E-state index contributed by atoms with van der Waals surface area (Å²) < 4.78 is 31.3. The molecule has 0 aliphatic heterocycles. The Morgan fingerprint density at radius 3 is 2.10 bits per heavy atom. The van der Waals surface area contributed by atoms with E-state index in [0.29, 0.717) is 5.56 Å². The minimum atomic E-state index is -3.78. The molecule has 0 saturated carbocycles. The second kappa shape index (κ2) is 9.93. The molecule has 8 nitrogen and oxygen atoms in total. The topological polar surface area (TPSA) is 96.0 Å². The van der Waals surface area contributed by atoms with Gasteiger partial charge in [0.2, 0.25) is 10.0 Å². The molecule has 0 saturated heterocycles. The van der Waals surface area contributed by atoms with Crippen LogP contribution in [-0.4, -0.2) is 63.7 Å². The summed E-state index contributed by atoms with van der Waals surface area (Å²) in [6.07, 6.45) is 0. The number of rotatable bonds is 8. The minimum absolute atomic E-state index is 0.0709. The summed E-state index contributed by atoms with van der Waals surface area (Å²) in [4.78, 5) is 26.5. The first-order valence-electron chi connectivity index (χ1n) is 9.74. The lowest BCUT2D eigenvalue weighted by Gasteiger charge is -2.21. The van der Waals surface area contributed by atoms with E-state index in [9.17, 15) is 18.0 Å². The van der Waals surface area contributed by atoms with Crippen LogP contribution in [0.1, 0.15) is 40.1 Å². The fourth-order valence-electron chi connectivity index (χ4n) is 2.70. The van der Waals surface area contributed by atoms with Crippen molar-refractivity contribution in [2.24, 2.45) is 0 Å². The summed E-state index contributed by atoms with van der Waals surface area (Å²) in [6.45, 7) is 4.11. The van der Waals surface area contributed by atoms with E-state index in [4.69, 9.17) is 4.74 Å². The summed E-state index contributed by atoms with van der Waals surface area (Å²) >= 11 is 0. The second-order valence-corrected chi connectivity index (χ2v) is 9.66. The van der Waals surface area contributed by atoms with E-state index >= 15 is 0 Å². The summed E-state index contributed by atoms with van der Waals surface area (Å²) in [5.41, 5.74) is 1.58. The first-order valence-corrected chi connectivity index (χ1v) is 11.2. The average molecular weight is 448 g/mol. The number of ether oxygens (including phenoxy) is 1. The third-order valence-corrected chi connectivity index (χ3v) is 6.77. The van der Waals surface area contributed by atoms with E-state index in [1.54, 1.807) is 36.2 Å². The van der Waals surface area contributed by atoms with Crippen molar-refractivity contribution in [3.8, 4) is 5.75 Å². The molecular formula is C22H29N3O5S. The Labute approximate surface area is 183 Å². The first kappa shape index (κ1) is 24.4. The molecule has 168 valence electrons. The summed E-state index contributed by atoms with van der Waals surface area (Å²) in [7, 11) is 2.17. The molecular weight excluding hydrogens is 418 g/mol. The maximum absolute atomic E-state index is 12.6. The Balaban J connectivity index is 2.14. The Morgan fingerprint density at radius 2 is 1.58 bits per heavy atom. The van der Waals surface area contributed by atoms with Crippen LogP contribution < -0.4 is 10.1 Å². The molecule has 0 fully saturated rings. The fraction of sp³-hybridized carbons (Fsp3) is 0.364. The Morgan fingerprint density at radius 1 is 1.00 bits per heavy atom. The van der Waals surface area contributed by atoms with Crippen molar-refractivity contribution in [2.45, 2.75) is 31.3 Å². The number of carbonyl (C=O) groups excluding carboxylic acids is 2. The molecule has 0 aromatic heterocycles. The number of nitrogens with zero attached hydrogens (tertiary/aromatic N) is 2. The molecule has 0 aliphatic rings. The summed E-state index contributed by atoms with van der Waals surface area (Å²) in [6, 6.07) is 11.3. The van der Waals surface area contributed by atoms with Gasteiger partial charge in [-0.2, -0.15) is 0 Å². The highest BCUT2D eigenvalue weighted by Gasteiger charge is 2.24. The third-order valence-electron chi connectivity index (χ3n) is 4.93. The summed E-state index contributed by atoms with van der Waals surface area (Å²) in [5.74, 6) is -0.326. The van der Waals surface area contributed by atoms with E-state index in [-0.39, 0.29) is 34.7 Å². The van der Waals surface area contributed by atoms with Crippen LogP contribution >= 0.6 is 0 Å². The van der Waals surface area contributed by atoms with Gasteiger partial charge >= 0.3 is 0 Å². The third kappa shape index (κ3) is 5.62. The molecule has 2 aromatic rings. The van der Waals surface area contributed by atoms with Crippen LogP contribution in [0.4, 0.5) is 0 Å². The zero-order valence-electron chi connectivity index (χ0n) is 18.7. The SMILES string of the molecule is COc1ccc(C(=O)NCc2ccc(C(=O)N(C)C(C)C)cc2)cc1S(=O)(=O)N(C)C. The van der Waals surface area contributed by atoms with Crippen molar-refractivity contribution in [1.29, 1.82) is 0 Å². The minimum Gasteiger partial charge on any atom is -0.495 e.